The van der Waals surface area contributed by atoms with Gasteiger partial charge in [0.15, 0.2) is 0 Å². The highest BCUT2D eigenvalue weighted by atomic mass is 32.2. The lowest BCUT2D eigenvalue weighted by Crippen LogP contribution is -2.28. The minimum atomic E-state index is -3.41. The van der Waals surface area contributed by atoms with E-state index in [1.54, 1.807) is 26.0 Å². The van der Waals surface area contributed by atoms with Crippen LogP contribution in [0, 0.1) is 19.8 Å². The number of hydrogen-bond donors (Lipinski definition) is 2. The number of nitrogens with one attached hydrogen (secondary N) is 1. The molecule has 0 heterocycles. The van der Waals surface area contributed by atoms with Crippen LogP contribution in [-0.2, 0) is 10.0 Å². The Hall–Kier alpha value is -1.07. The van der Waals surface area contributed by atoms with Crippen molar-refractivity contribution in [3.05, 3.63) is 23.3 Å². The molecule has 1 saturated carbocycles. The van der Waals surface area contributed by atoms with Gasteiger partial charge in [0.05, 0.1) is 4.90 Å². The van der Waals surface area contributed by atoms with Crippen LogP contribution in [0.5, 0.6) is 0 Å². The molecule has 0 amide bonds. The summed E-state index contributed by atoms with van der Waals surface area (Å²) in [5.74, 6) is 0.444. The number of nitrogens with two attached hydrogens (primary N) is 1. The Morgan fingerprint density at radius 3 is 2.18 bits per heavy atom. The summed E-state index contributed by atoms with van der Waals surface area (Å²) in [6.45, 7) is 5.58. The molecule has 0 saturated heterocycles. The summed E-state index contributed by atoms with van der Waals surface area (Å²) < 4.78 is 27.2. The lowest BCUT2D eigenvalue weighted by molar-refractivity contribution is 0.577. The maximum atomic E-state index is 12.2. The van der Waals surface area contributed by atoms with Crippen LogP contribution in [0.25, 0.3) is 0 Å². The van der Waals surface area contributed by atoms with E-state index in [0.29, 0.717) is 27.6 Å². The lowest BCUT2D eigenvalue weighted by atomic mass is 10.1. The van der Waals surface area contributed by atoms with Crippen molar-refractivity contribution < 1.29 is 8.42 Å². The molecule has 94 valence electrons. The second-order valence-corrected chi connectivity index (χ2v) is 6.58. The van der Waals surface area contributed by atoms with Crippen molar-refractivity contribution in [2.45, 2.75) is 38.1 Å². The van der Waals surface area contributed by atoms with E-state index in [4.69, 9.17) is 5.73 Å². The maximum absolute atomic E-state index is 12.2. The first-order chi connectivity index (χ1) is 7.81. The zero-order valence-corrected chi connectivity index (χ0v) is 11.1. The maximum Gasteiger partial charge on any atom is 0.241 e. The predicted molar refractivity (Wildman–Crippen MR) is 68.2 cm³/mol. The molecular formula is C12H18N2O2S. The Kier molecular flexibility index (Phi) is 2.91. The van der Waals surface area contributed by atoms with Crippen molar-refractivity contribution in [1.82, 2.24) is 4.72 Å². The topological polar surface area (TPSA) is 72.2 Å². The summed E-state index contributed by atoms with van der Waals surface area (Å²) >= 11 is 0. The first-order valence-corrected chi connectivity index (χ1v) is 7.18. The van der Waals surface area contributed by atoms with Crippen molar-refractivity contribution in [2.24, 2.45) is 5.92 Å². The van der Waals surface area contributed by atoms with Gasteiger partial charge in [-0.3, -0.25) is 0 Å². The fourth-order valence-corrected chi connectivity index (χ4v) is 3.96. The smallest absolute Gasteiger partial charge is 0.241 e. The number of aryl methyl sites for hydroxylation is 2. The fourth-order valence-electron chi connectivity index (χ4n) is 2.15. The normalized spacial score (nSPS) is 23.7. The van der Waals surface area contributed by atoms with Gasteiger partial charge in [-0.2, -0.15) is 0 Å². The van der Waals surface area contributed by atoms with Gasteiger partial charge in [0.1, 0.15) is 0 Å². The molecule has 1 aromatic carbocycles. The third-order valence-corrected chi connectivity index (χ3v) is 4.96. The molecular weight excluding hydrogens is 236 g/mol. The molecule has 4 nitrogen and oxygen atoms in total. The Labute approximate surface area is 102 Å². The summed E-state index contributed by atoms with van der Waals surface area (Å²) in [6, 6.07) is 3.48. The molecule has 5 heteroatoms. The molecule has 0 bridgehead atoms. The van der Waals surface area contributed by atoms with Gasteiger partial charge in [-0.15, -0.1) is 0 Å². The van der Waals surface area contributed by atoms with Crippen LogP contribution in [0.15, 0.2) is 17.0 Å². The van der Waals surface area contributed by atoms with Crippen molar-refractivity contribution in [1.29, 1.82) is 0 Å². The van der Waals surface area contributed by atoms with E-state index in [1.165, 1.54) is 0 Å². The van der Waals surface area contributed by atoms with Crippen LogP contribution >= 0.6 is 0 Å². The van der Waals surface area contributed by atoms with Crippen molar-refractivity contribution in [3.8, 4) is 0 Å². The van der Waals surface area contributed by atoms with Crippen molar-refractivity contribution in [2.75, 3.05) is 5.73 Å². The molecule has 1 aliphatic carbocycles. The highest BCUT2D eigenvalue weighted by Gasteiger charge is 2.37. The van der Waals surface area contributed by atoms with Gasteiger partial charge in [-0.05, 0) is 49.4 Å². The molecule has 2 rings (SSSR count). The Morgan fingerprint density at radius 1 is 1.29 bits per heavy atom. The number of anilines is 1. The van der Waals surface area contributed by atoms with Crippen LogP contribution in [0.3, 0.4) is 0 Å². The largest absolute Gasteiger partial charge is 0.399 e. The monoisotopic (exact) mass is 254 g/mol. The van der Waals surface area contributed by atoms with Gasteiger partial charge >= 0.3 is 0 Å². The molecule has 3 N–H and O–H groups in total. The van der Waals surface area contributed by atoms with Crippen LogP contribution in [0.4, 0.5) is 5.69 Å². The first kappa shape index (κ1) is 12.4. The molecule has 0 aliphatic heterocycles. The quantitative estimate of drug-likeness (QED) is 0.804. The zero-order valence-electron chi connectivity index (χ0n) is 10.3. The average molecular weight is 254 g/mol. The second-order valence-electron chi connectivity index (χ2n) is 4.92. The second kappa shape index (κ2) is 3.99. The highest BCUT2D eigenvalue weighted by molar-refractivity contribution is 7.89. The summed E-state index contributed by atoms with van der Waals surface area (Å²) in [7, 11) is -3.41. The van der Waals surface area contributed by atoms with E-state index in [-0.39, 0.29) is 6.04 Å². The predicted octanol–water partition coefficient (Wildman–Crippen LogP) is 1.57. The SMILES string of the molecule is Cc1cc(N)cc(C)c1S(=O)(=O)NC1CC1C. The number of sulfonamides is 1. The molecule has 0 spiro atoms. The van der Waals surface area contributed by atoms with Gasteiger partial charge in [0.25, 0.3) is 0 Å². The minimum Gasteiger partial charge on any atom is -0.399 e. The van der Waals surface area contributed by atoms with Crippen LogP contribution in [0.1, 0.15) is 24.5 Å². The summed E-state index contributed by atoms with van der Waals surface area (Å²) in [5.41, 5.74) is 7.68. The average Bonchev–Trinajstić information content (AvgIpc) is 2.76. The fraction of sp³-hybridized carbons (Fsp3) is 0.500. The molecule has 0 radical (unpaired) electrons. The van der Waals surface area contributed by atoms with Crippen molar-refractivity contribution >= 4 is 15.7 Å². The van der Waals surface area contributed by atoms with Gasteiger partial charge in [-0.25, -0.2) is 13.1 Å². The first-order valence-electron chi connectivity index (χ1n) is 5.70. The Balaban J connectivity index is 2.39. The summed E-state index contributed by atoms with van der Waals surface area (Å²) in [6.07, 6.45) is 0.923. The summed E-state index contributed by atoms with van der Waals surface area (Å²) in [4.78, 5) is 0.366. The molecule has 1 aromatic rings. The minimum absolute atomic E-state index is 0.0938. The lowest BCUT2D eigenvalue weighted by Gasteiger charge is -2.12. The van der Waals surface area contributed by atoms with E-state index in [9.17, 15) is 8.42 Å². The third-order valence-electron chi connectivity index (χ3n) is 3.17. The number of hydrogen-bond acceptors (Lipinski definition) is 3. The van der Waals surface area contributed by atoms with Gasteiger partial charge in [0.2, 0.25) is 10.0 Å². The molecule has 0 aromatic heterocycles. The molecule has 1 aliphatic rings. The van der Waals surface area contributed by atoms with Crippen LogP contribution in [0.2, 0.25) is 0 Å². The van der Waals surface area contributed by atoms with E-state index in [0.717, 1.165) is 6.42 Å². The van der Waals surface area contributed by atoms with E-state index < -0.39 is 10.0 Å². The number of nitrogen functional groups attached to an aromatic ring is 1. The van der Waals surface area contributed by atoms with Gasteiger partial charge in [-0.1, -0.05) is 6.92 Å². The van der Waals surface area contributed by atoms with Gasteiger partial charge in [0, 0.05) is 11.7 Å². The third kappa shape index (κ3) is 2.45. The van der Waals surface area contributed by atoms with Crippen LogP contribution in [-0.4, -0.2) is 14.5 Å². The van der Waals surface area contributed by atoms with E-state index in [2.05, 4.69) is 4.72 Å². The Bertz CT molecular complexity index is 529. The zero-order chi connectivity index (χ0) is 12.8. The Morgan fingerprint density at radius 2 is 1.76 bits per heavy atom. The molecule has 1 fully saturated rings. The number of rotatable bonds is 3. The molecule has 17 heavy (non-hydrogen) atoms. The van der Waals surface area contributed by atoms with E-state index >= 15 is 0 Å². The standard InChI is InChI=1S/C12H18N2O2S/c1-7-6-11(7)14-17(15,16)12-8(2)4-10(13)5-9(12)3/h4-5,7,11,14H,6,13H2,1-3H3. The molecule has 2 atom stereocenters. The number of benzene rings is 1. The van der Waals surface area contributed by atoms with E-state index in [1.807, 2.05) is 6.92 Å². The summed E-state index contributed by atoms with van der Waals surface area (Å²) in [5, 5.41) is 0. The van der Waals surface area contributed by atoms with Crippen molar-refractivity contribution in [3.63, 3.8) is 0 Å². The highest BCUT2D eigenvalue weighted by Crippen LogP contribution is 2.32. The van der Waals surface area contributed by atoms with Gasteiger partial charge < -0.3 is 5.73 Å². The molecule has 2 unspecified atom stereocenters. The van der Waals surface area contributed by atoms with Crippen LogP contribution < -0.4 is 10.5 Å².